The highest BCUT2D eigenvalue weighted by atomic mass is 127. The van der Waals surface area contributed by atoms with Crippen LogP contribution in [0.4, 0.5) is 14.4 Å². The number of nitrogens with zero attached hydrogens (tertiary/aromatic N) is 12. The van der Waals surface area contributed by atoms with Gasteiger partial charge in [0.1, 0.15) is 68.6 Å². The summed E-state index contributed by atoms with van der Waals surface area (Å²) in [5.74, 6) is -0.753. The normalized spacial score (nSPS) is 20.2. The molecule has 704 valence electrons. The Morgan fingerprint density at radius 1 is 0.528 bits per heavy atom. The molecule has 4 saturated heterocycles. The second-order valence-electron chi connectivity index (χ2n) is 33.4. The summed E-state index contributed by atoms with van der Waals surface area (Å²) in [6.45, 7) is 34.3. The van der Waals surface area contributed by atoms with Crippen molar-refractivity contribution in [3.8, 4) is 34.8 Å². The third-order valence-electron chi connectivity index (χ3n) is 20.3. The van der Waals surface area contributed by atoms with Gasteiger partial charge in [-0.2, -0.15) is 0 Å². The summed E-state index contributed by atoms with van der Waals surface area (Å²) in [6, 6.07) is 14.7. The number of halogens is 3. The van der Waals surface area contributed by atoms with Gasteiger partial charge in [-0.05, 0) is 275 Å². The number of piperidine rings is 4. The number of carboxylic acid groups (broad SMARTS) is 1. The minimum absolute atomic E-state index is 0.00749. The Kier molecular flexibility index (Phi) is 45.1. The van der Waals surface area contributed by atoms with E-state index in [-0.39, 0.29) is 119 Å². The van der Waals surface area contributed by atoms with E-state index in [1.165, 1.54) is 83.1 Å². The molecule has 2 unspecified atom stereocenters. The summed E-state index contributed by atoms with van der Waals surface area (Å²) >= 11 is 9.47. The Morgan fingerprint density at radius 3 is 1.38 bits per heavy atom. The van der Waals surface area contributed by atoms with Gasteiger partial charge in [0.15, 0.2) is 17.5 Å². The number of carbonyl (C=O) groups excluding carboxylic acids is 7. The lowest BCUT2D eigenvalue weighted by atomic mass is 9.83. The lowest BCUT2D eigenvalue weighted by molar-refractivity contribution is -0.0100. The van der Waals surface area contributed by atoms with Crippen molar-refractivity contribution < 1.29 is 106 Å². The van der Waals surface area contributed by atoms with Gasteiger partial charge in [-0.3, -0.25) is 4.79 Å². The van der Waals surface area contributed by atoms with Crippen LogP contribution in [0.25, 0.3) is 5.69 Å². The highest BCUT2D eigenvalue weighted by Gasteiger charge is 2.39. The van der Waals surface area contributed by atoms with E-state index in [0.717, 1.165) is 56.9 Å². The van der Waals surface area contributed by atoms with Gasteiger partial charge in [0.2, 0.25) is 17.6 Å². The summed E-state index contributed by atoms with van der Waals surface area (Å²) in [5.41, 5.74) is 0.0432. The number of aromatic nitrogens is 8. The van der Waals surface area contributed by atoms with Crippen molar-refractivity contribution in [1.29, 1.82) is 0 Å². The zero-order chi connectivity index (χ0) is 94.6. The van der Waals surface area contributed by atoms with Crippen molar-refractivity contribution in [1.82, 2.24) is 65.1 Å². The fraction of sp³-hybridized carbons (Fsp3) is 0.607. The number of aromatic carboxylic acids is 1. The minimum Gasteiger partial charge on any atom is -0.496 e. The molecule has 11 rings (SSSR count). The molecule has 0 spiro atoms. The third-order valence-corrected chi connectivity index (χ3v) is 22.4. The van der Waals surface area contributed by atoms with E-state index in [0.29, 0.717) is 74.7 Å². The molecule has 0 radical (unpaired) electrons. The molecule has 9 heterocycles. The SMILES string of the molecule is CCC1CCCCC1NC.CCO.CCOC(=O)c1c(OC)ccnc1O[C@@H]1CC[C@@H](C)N(C(=O)c2ccccc2-n2ncnn2)C1.CCOc1ccnc(O[C@@H]2CC[C@@H](C)N(C(=O)OC(C)(C)C)C2)c1C(=O)OC.COC(=O)c1c(I)ccnc1O[C@@H]1CC[C@@H](C)N(C(=O)OC(C)(C)C)C1.C[C@@H]1CC[C@@H](O)CN1C(=O)OC(C)(C)C.O=C(O)c1c(I)ccnc1Cl. The molecule has 5 aliphatic rings. The summed E-state index contributed by atoms with van der Waals surface area (Å²) in [6.07, 6.45) is 18.1. The number of amides is 4. The van der Waals surface area contributed by atoms with Crippen molar-refractivity contribution in [2.24, 2.45) is 5.92 Å². The van der Waals surface area contributed by atoms with Crippen molar-refractivity contribution in [3.63, 3.8) is 0 Å². The first-order chi connectivity index (χ1) is 60.0. The quantitative estimate of drug-likeness (QED) is 0.0269. The van der Waals surface area contributed by atoms with E-state index in [9.17, 15) is 43.5 Å². The second kappa shape index (κ2) is 53.0. The maximum atomic E-state index is 13.6. The van der Waals surface area contributed by atoms with Gasteiger partial charge >= 0.3 is 42.2 Å². The van der Waals surface area contributed by atoms with E-state index >= 15 is 0 Å². The summed E-state index contributed by atoms with van der Waals surface area (Å²) < 4.78 is 61.4. The molecule has 5 aromatic heterocycles. The summed E-state index contributed by atoms with van der Waals surface area (Å²) in [7, 11) is 6.17. The topological polar surface area (TPSA) is 419 Å². The first kappa shape index (κ1) is 108. The largest absolute Gasteiger partial charge is 0.496 e. The first-order valence-electron chi connectivity index (χ1n) is 42.8. The molecular formula is C89H130ClI2N13O22. The van der Waals surface area contributed by atoms with Crippen LogP contribution in [-0.2, 0) is 28.4 Å². The first-order valence-corrected chi connectivity index (χ1v) is 45.3. The second-order valence-corrected chi connectivity index (χ2v) is 36.1. The number of hydrogen-bond acceptors (Lipinski definition) is 29. The Morgan fingerprint density at radius 2 is 0.953 bits per heavy atom. The number of carbonyl (C=O) groups is 8. The van der Waals surface area contributed by atoms with Crippen molar-refractivity contribution in [2.75, 3.05) is 74.4 Å². The number of esters is 3. The molecule has 5 fully saturated rings. The van der Waals surface area contributed by atoms with E-state index in [1.807, 2.05) is 148 Å². The lowest BCUT2D eigenvalue weighted by Gasteiger charge is -2.38. The molecule has 4 amide bonds. The summed E-state index contributed by atoms with van der Waals surface area (Å²) in [4.78, 5) is 122. The number of rotatable bonds is 18. The van der Waals surface area contributed by atoms with Crippen molar-refractivity contribution in [2.45, 2.75) is 273 Å². The number of hydrogen-bond donors (Lipinski definition) is 4. The minimum atomic E-state index is -1.05. The van der Waals surface area contributed by atoms with Crippen LogP contribution in [0.3, 0.4) is 0 Å². The molecule has 4 N–H and O–H groups in total. The molecule has 6 aromatic rings. The number of ether oxygens (including phenoxy) is 11. The van der Waals surface area contributed by atoms with Crippen LogP contribution in [0, 0.1) is 13.1 Å². The average Bonchev–Trinajstić information content (AvgIpc) is 1.69. The van der Waals surface area contributed by atoms with Crippen LogP contribution < -0.4 is 29.0 Å². The molecule has 1 aromatic carbocycles. The molecule has 4 aliphatic heterocycles. The predicted octanol–water partition coefficient (Wildman–Crippen LogP) is 15.4. The van der Waals surface area contributed by atoms with Gasteiger partial charge in [0.25, 0.3) is 5.91 Å². The van der Waals surface area contributed by atoms with E-state index < -0.39 is 46.8 Å². The third kappa shape index (κ3) is 34.6. The van der Waals surface area contributed by atoms with Crippen molar-refractivity contribution >= 4 is 105 Å². The average molecular weight is 2020 g/mol. The van der Waals surface area contributed by atoms with Crippen LogP contribution in [0.5, 0.6) is 29.1 Å². The molecule has 38 heteroatoms. The molecule has 0 bridgehead atoms. The Labute approximate surface area is 778 Å². The van der Waals surface area contributed by atoms with E-state index in [1.54, 1.807) is 82.1 Å². The van der Waals surface area contributed by atoms with Gasteiger partial charge in [-0.25, -0.2) is 53.5 Å². The fourth-order valence-electron chi connectivity index (χ4n) is 14.0. The molecular weight excluding hydrogens is 1890 g/mol. The Hall–Kier alpha value is -9.32. The van der Waals surface area contributed by atoms with Crippen LogP contribution in [0.1, 0.15) is 253 Å². The number of β-amino-alcohol motifs (C(OH)–C–C–N with tert-alkyl or cyclic N) is 1. The maximum absolute atomic E-state index is 13.6. The zero-order valence-electron chi connectivity index (χ0n) is 77.0. The molecule has 35 nitrogen and oxygen atoms in total. The molecule has 127 heavy (non-hydrogen) atoms. The van der Waals surface area contributed by atoms with Crippen LogP contribution in [0.2, 0.25) is 5.15 Å². The highest BCUT2D eigenvalue weighted by molar-refractivity contribution is 14.1. The van der Waals surface area contributed by atoms with Gasteiger partial charge in [0, 0.05) is 68.7 Å². The number of para-hydroxylation sites is 1. The van der Waals surface area contributed by atoms with E-state index in [2.05, 4.69) is 54.6 Å². The number of nitrogens with one attached hydrogen (secondary N) is 1. The van der Waals surface area contributed by atoms with Gasteiger partial charge in [-0.1, -0.05) is 49.9 Å². The number of tetrazole rings is 1. The Balaban J connectivity index is 0.000000281. The number of benzene rings is 1. The number of pyridine rings is 4. The number of aliphatic hydroxyl groups is 2. The van der Waals surface area contributed by atoms with Gasteiger partial charge in [0.05, 0.1) is 72.4 Å². The van der Waals surface area contributed by atoms with Gasteiger partial charge < -0.3 is 92.3 Å². The highest BCUT2D eigenvalue weighted by Crippen LogP contribution is 2.35. The predicted molar refractivity (Wildman–Crippen MR) is 492 cm³/mol. The van der Waals surface area contributed by atoms with Crippen LogP contribution in [0.15, 0.2) is 79.6 Å². The summed E-state index contributed by atoms with van der Waals surface area (Å²) in [5, 5.41) is 40.8. The molecule has 1 saturated carbocycles. The Bertz CT molecular complexity index is 4450. The standard InChI is InChI=1S/C23H26N6O5.C20H30N2O6.C18H25IN2O5.C11H21NO3.C9H19N.C6H3ClINO2.C2H6O/c1-4-33-23(31)20-19(32-3)11-12-24-21(20)34-16-10-9-15(2)28(13-16)22(30)17-7-5-6-8-18(17)29-26-14-25-27-29;1-7-26-15-10-11-21-17(16(15)18(23)25-6)27-14-9-8-13(2)22(12-14)19(24)28-20(3,4)5;1-11-6-7-12(10-21(11)17(23)26-18(2,3)4)25-15-14(16(22)24-5)13(19)8-9-20-15;1-8-5-6-9(13)7-12(8)10(14)15-11(2,3)4;1-3-8-6-4-5-7-9(8)10-2;7-5-4(6(10)11)3(8)1-2-9-5;1-2-3/h5-8,11-12,14-16H,4,9-10,13H2,1-3H3;10-11,13-14H,7-9,12H2,1-6H3;8-9,11-12H,6-7,10H2,1-5H3;8-9,13H,5-7H2,1-4H3;8-10H,3-7H2,1-2H3;1-2H,(H,10,11);3H,2H2,1H3/t15-,16-;13-,14-;11-,12-;8-,9-;;;/m1111.../s1. The number of aliphatic hydroxyl groups excluding tert-OH is 2. The molecule has 10 atom stereocenters. The molecule has 1 aliphatic carbocycles. The smallest absolute Gasteiger partial charge is 0.410 e. The van der Waals surface area contributed by atoms with Crippen LogP contribution in [-0.4, -0.2) is 269 Å². The number of methoxy groups -OCH3 is 3. The van der Waals surface area contributed by atoms with E-state index in [4.69, 9.17) is 73.9 Å². The number of likely N-dealkylation sites (tertiary alicyclic amines) is 4. The monoisotopic (exact) mass is 2020 g/mol. The van der Waals surface area contributed by atoms with Gasteiger partial charge in [-0.15, -0.1) is 15.0 Å². The lowest BCUT2D eigenvalue weighted by Crippen LogP contribution is -2.50. The fourth-order valence-corrected chi connectivity index (χ4v) is 15.6. The van der Waals surface area contributed by atoms with Crippen molar-refractivity contribution in [3.05, 3.63) is 120 Å². The maximum Gasteiger partial charge on any atom is 0.410 e. The zero-order valence-corrected chi connectivity index (χ0v) is 82.1. The number of carboxylic acids is 1. The van der Waals surface area contributed by atoms with Crippen LogP contribution >= 0.6 is 56.8 Å².